The van der Waals surface area contributed by atoms with E-state index in [1.807, 2.05) is 44.2 Å². The molecule has 0 bridgehead atoms. The maximum atomic E-state index is 13.0. The molecule has 0 radical (unpaired) electrons. The fraction of sp³-hybridized carbons (Fsp3) is 0.500. The van der Waals surface area contributed by atoms with E-state index in [1.54, 1.807) is 0 Å². The summed E-state index contributed by atoms with van der Waals surface area (Å²) < 4.78 is 0. The summed E-state index contributed by atoms with van der Waals surface area (Å²) in [4.78, 5) is 28.3. The van der Waals surface area contributed by atoms with Crippen LogP contribution in [0, 0.1) is 5.92 Å². The van der Waals surface area contributed by atoms with E-state index in [0.29, 0.717) is 5.56 Å². The molecule has 5 nitrogen and oxygen atoms in total. The first kappa shape index (κ1) is 25.0. The zero-order chi connectivity index (χ0) is 24.0. The topological polar surface area (TPSA) is 61.4 Å². The lowest BCUT2D eigenvalue weighted by atomic mass is 9.86. The van der Waals surface area contributed by atoms with Crippen molar-refractivity contribution < 1.29 is 9.59 Å². The SMILES string of the molecule is CC(C)C(NC(=O)c1ccc(C(C)(C)C)cc1)C(=O)NC1CCN(Cc2ccccc2)CC1. The number of benzene rings is 2. The molecule has 1 heterocycles. The largest absolute Gasteiger partial charge is 0.351 e. The molecule has 2 aromatic carbocycles. The van der Waals surface area contributed by atoms with Crippen LogP contribution in [0.4, 0.5) is 0 Å². The minimum Gasteiger partial charge on any atom is -0.351 e. The highest BCUT2D eigenvalue weighted by molar-refractivity contribution is 5.97. The summed E-state index contributed by atoms with van der Waals surface area (Å²) >= 11 is 0. The average Bonchev–Trinajstić information content (AvgIpc) is 2.78. The minimum atomic E-state index is -0.554. The molecule has 1 fully saturated rings. The zero-order valence-electron chi connectivity index (χ0n) is 20.7. The number of carbonyl (C=O) groups excluding carboxylic acids is 2. The van der Waals surface area contributed by atoms with Gasteiger partial charge in [-0.1, -0.05) is 77.1 Å². The predicted octanol–water partition coefficient (Wildman–Crippen LogP) is 4.52. The van der Waals surface area contributed by atoms with Gasteiger partial charge in [0, 0.05) is 31.2 Å². The van der Waals surface area contributed by atoms with Gasteiger partial charge in [-0.15, -0.1) is 0 Å². The Morgan fingerprint density at radius 3 is 2.12 bits per heavy atom. The number of likely N-dealkylation sites (tertiary alicyclic amines) is 1. The fourth-order valence-electron chi connectivity index (χ4n) is 4.25. The molecule has 0 aliphatic carbocycles. The van der Waals surface area contributed by atoms with Crippen LogP contribution in [0.15, 0.2) is 54.6 Å². The number of carbonyl (C=O) groups is 2. The third kappa shape index (κ3) is 7.16. The Morgan fingerprint density at radius 2 is 1.58 bits per heavy atom. The molecule has 2 aromatic rings. The van der Waals surface area contributed by atoms with Crippen LogP contribution >= 0.6 is 0 Å². The quantitative estimate of drug-likeness (QED) is 0.653. The minimum absolute atomic E-state index is 0.000896. The van der Waals surface area contributed by atoms with E-state index in [0.717, 1.165) is 32.5 Å². The maximum absolute atomic E-state index is 13.0. The molecule has 1 aliphatic rings. The van der Waals surface area contributed by atoms with Gasteiger partial charge < -0.3 is 10.6 Å². The number of rotatable bonds is 7. The fourth-order valence-corrected chi connectivity index (χ4v) is 4.25. The van der Waals surface area contributed by atoms with Gasteiger partial charge in [0.1, 0.15) is 6.04 Å². The summed E-state index contributed by atoms with van der Waals surface area (Å²) in [6.45, 7) is 13.2. The molecule has 0 aromatic heterocycles. The highest BCUT2D eigenvalue weighted by Crippen LogP contribution is 2.22. The molecule has 1 aliphatic heterocycles. The van der Waals surface area contributed by atoms with Crippen molar-refractivity contribution in [2.45, 2.75) is 71.5 Å². The summed E-state index contributed by atoms with van der Waals surface area (Å²) in [5.74, 6) is -0.297. The number of nitrogens with zero attached hydrogens (tertiary/aromatic N) is 1. The van der Waals surface area contributed by atoms with Gasteiger partial charge in [-0.2, -0.15) is 0 Å². The van der Waals surface area contributed by atoms with E-state index in [4.69, 9.17) is 0 Å². The Hall–Kier alpha value is -2.66. The Bertz CT molecular complexity index is 908. The molecule has 0 saturated carbocycles. The average molecular weight is 450 g/mol. The van der Waals surface area contributed by atoms with Gasteiger partial charge in [0.25, 0.3) is 5.91 Å². The van der Waals surface area contributed by atoms with Crippen LogP contribution in [0.1, 0.15) is 68.9 Å². The summed E-state index contributed by atoms with van der Waals surface area (Å²) in [7, 11) is 0. The highest BCUT2D eigenvalue weighted by Gasteiger charge is 2.28. The number of hydrogen-bond acceptors (Lipinski definition) is 3. The molecule has 1 unspecified atom stereocenters. The molecule has 2 amide bonds. The van der Waals surface area contributed by atoms with Crippen molar-refractivity contribution in [1.29, 1.82) is 0 Å². The Morgan fingerprint density at radius 1 is 0.970 bits per heavy atom. The van der Waals surface area contributed by atoms with E-state index in [1.165, 1.54) is 11.1 Å². The van der Waals surface area contributed by atoms with Crippen molar-refractivity contribution in [3.63, 3.8) is 0 Å². The van der Waals surface area contributed by atoms with Crippen LogP contribution in [-0.4, -0.2) is 41.9 Å². The first-order valence-electron chi connectivity index (χ1n) is 12.1. The standard InChI is InChI=1S/C28H39N3O2/c1-20(2)25(30-26(32)22-11-13-23(14-12-22)28(3,4)5)27(33)29-24-15-17-31(18-16-24)19-21-9-7-6-8-10-21/h6-14,20,24-25H,15-19H2,1-5H3,(H,29,33)(H,30,32). The monoisotopic (exact) mass is 449 g/mol. The normalized spacial score (nSPS) is 16.4. The zero-order valence-corrected chi connectivity index (χ0v) is 20.7. The number of nitrogens with one attached hydrogen (secondary N) is 2. The van der Waals surface area contributed by atoms with Crippen molar-refractivity contribution in [3.8, 4) is 0 Å². The van der Waals surface area contributed by atoms with E-state index in [2.05, 4.69) is 60.6 Å². The van der Waals surface area contributed by atoms with Crippen molar-refractivity contribution in [3.05, 3.63) is 71.3 Å². The second kappa shape index (κ2) is 11.0. The van der Waals surface area contributed by atoms with Gasteiger partial charge in [-0.3, -0.25) is 14.5 Å². The third-order valence-corrected chi connectivity index (χ3v) is 6.43. The van der Waals surface area contributed by atoms with E-state index in [9.17, 15) is 9.59 Å². The highest BCUT2D eigenvalue weighted by atomic mass is 16.2. The second-order valence-electron chi connectivity index (χ2n) is 10.6. The number of hydrogen-bond donors (Lipinski definition) is 2. The third-order valence-electron chi connectivity index (χ3n) is 6.43. The van der Waals surface area contributed by atoms with Crippen LogP contribution in [0.25, 0.3) is 0 Å². The molecule has 1 saturated heterocycles. The van der Waals surface area contributed by atoms with Gasteiger partial charge in [0.15, 0.2) is 0 Å². The summed E-state index contributed by atoms with van der Waals surface area (Å²) in [6, 6.07) is 17.7. The van der Waals surface area contributed by atoms with Crippen LogP contribution in [0.3, 0.4) is 0 Å². The summed E-state index contributed by atoms with van der Waals surface area (Å²) in [5.41, 5.74) is 3.11. The lowest BCUT2D eigenvalue weighted by molar-refractivity contribution is -0.125. The van der Waals surface area contributed by atoms with Crippen LogP contribution in [0.2, 0.25) is 0 Å². The maximum Gasteiger partial charge on any atom is 0.251 e. The van der Waals surface area contributed by atoms with Crippen LogP contribution in [-0.2, 0) is 16.8 Å². The van der Waals surface area contributed by atoms with Gasteiger partial charge in [-0.05, 0) is 47.4 Å². The van der Waals surface area contributed by atoms with E-state index >= 15 is 0 Å². The van der Waals surface area contributed by atoms with Gasteiger partial charge >= 0.3 is 0 Å². The van der Waals surface area contributed by atoms with Crippen LogP contribution < -0.4 is 10.6 Å². The number of piperidine rings is 1. The van der Waals surface area contributed by atoms with Gasteiger partial charge in [-0.25, -0.2) is 0 Å². The van der Waals surface area contributed by atoms with Crippen molar-refractivity contribution in [2.75, 3.05) is 13.1 Å². The Kier molecular flexibility index (Phi) is 8.30. The number of amides is 2. The lowest BCUT2D eigenvalue weighted by Gasteiger charge is -2.33. The first-order valence-corrected chi connectivity index (χ1v) is 12.1. The first-order chi connectivity index (χ1) is 15.6. The molecule has 5 heteroatoms. The van der Waals surface area contributed by atoms with E-state index in [-0.39, 0.29) is 29.2 Å². The van der Waals surface area contributed by atoms with Crippen LogP contribution in [0.5, 0.6) is 0 Å². The molecule has 1 atom stereocenters. The molecule has 0 spiro atoms. The molecule has 33 heavy (non-hydrogen) atoms. The van der Waals surface area contributed by atoms with Crippen molar-refractivity contribution >= 4 is 11.8 Å². The Labute approximate surface area is 199 Å². The van der Waals surface area contributed by atoms with Gasteiger partial charge in [0.05, 0.1) is 0 Å². The lowest BCUT2D eigenvalue weighted by Crippen LogP contribution is -2.53. The van der Waals surface area contributed by atoms with E-state index < -0.39 is 6.04 Å². The molecule has 2 N–H and O–H groups in total. The van der Waals surface area contributed by atoms with Crippen molar-refractivity contribution in [1.82, 2.24) is 15.5 Å². The summed E-state index contributed by atoms with van der Waals surface area (Å²) in [6.07, 6.45) is 1.84. The molecule has 3 rings (SSSR count). The smallest absolute Gasteiger partial charge is 0.251 e. The molecular weight excluding hydrogens is 410 g/mol. The van der Waals surface area contributed by atoms with Crippen molar-refractivity contribution in [2.24, 2.45) is 5.92 Å². The predicted molar refractivity (Wildman–Crippen MR) is 134 cm³/mol. The van der Waals surface area contributed by atoms with Gasteiger partial charge in [0.2, 0.25) is 5.91 Å². The second-order valence-corrected chi connectivity index (χ2v) is 10.6. The molecular formula is C28H39N3O2. The summed E-state index contributed by atoms with van der Waals surface area (Å²) in [5, 5.41) is 6.15. The Balaban J connectivity index is 1.52. The molecule has 178 valence electrons.